The van der Waals surface area contributed by atoms with E-state index in [-0.39, 0.29) is 17.1 Å². The summed E-state index contributed by atoms with van der Waals surface area (Å²) in [5.41, 5.74) is 1.20. The molecule has 0 saturated carbocycles. The van der Waals surface area contributed by atoms with E-state index in [4.69, 9.17) is 23.7 Å². The van der Waals surface area contributed by atoms with Gasteiger partial charge in [0.1, 0.15) is 34.3 Å². The van der Waals surface area contributed by atoms with Crippen LogP contribution in [0.3, 0.4) is 0 Å². The Morgan fingerprint density at radius 3 is 1.76 bits per heavy atom. The van der Waals surface area contributed by atoms with E-state index in [2.05, 4.69) is 0 Å². The fourth-order valence-electron chi connectivity index (χ4n) is 3.02. The fraction of sp³-hybridized carbons (Fsp3) is 0.154. The molecule has 0 N–H and O–H groups in total. The van der Waals surface area contributed by atoms with Gasteiger partial charge in [0.15, 0.2) is 5.78 Å². The Labute approximate surface area is 192 Å². The number of ketones is 1. The molecule has 0 amide bonds. The zero-order chi connectivity index (χ0) is 23.8. The standard InChI is InChI=1S/C26H24O7/c1-29-19-10-5-17(6-11-19)7-14-22(27)25-23(32-4)15-21(31-3)16-24(25)33-26(28)18-8-12-20(30-2)13-9-18/h5-16H,1-4H3. The predicted molar refractivity (Wildman–Crippen MR) is 124 cm³/mol. The molecule has 0 unspecified atom stereocenters. The molecular weight excluding hydrogens is 424 g/mol. The second-order valence-electron chi connectivity index (χ2n) is 6.79. The second kappa shape index (κ2) is 10.9. The molecule has 3 rings (SSSR count). The molecule has 7 heteroatoms. The number of hydrogen-bond acceptors (Lipinski definition) is 7. The fourth-order valence-corrected chi connectivity index (χ4v) is 3.02. The van der Waals surface area contributed by atoms with Crippen LogP contribution in [0.4, 0.5) is 0 Å². The predicted octanol–water partition coefficient (Wildman–Crippen LogP) is 4.84. The molecule has 0 radical (unpaired) electrons. The third-order valence-corrected chi connectivity index (χ3v) is 4.81. The van der Waals surface area contributed by atoms with Gasteiger partial charge in [-0.15, -0.1) is 0 Å². The summed E-state index contributed by atoms with van der Waals surface area (Å²) in [7, 11) is 6.01. The minimum atomic E-state index is -0.638. The normalized spacial score (nSPS) is 10.5. The Hall–Kier alpha value is -4.26. The average Bonchev–Trinajstić information content (AvgIpc) is 2.86. The lowest BCUT2D eigenvalue weighted by Gasteiger charge is -2.14. The molecule has 0 atom stereocenters. The smallest absolute Gasteiger partial charge is 0.343 e. The summed E-state index contributed by atoms with van der Waals surface area (Å²) in [6.45, 7) is 0. The van der Waals surface area contributed by atoms with Gasteiger partial charge in [-0.3, -0.25) is 4.79 Å². The Morgan fingerprint density at radius 1 is 0.667 bits per heavy atom. The lowest BCUT2D eigenvalue weighted by Crippen LogP contribution is -2.12. The molecule has 0 spiro atoms. The van der Waals surface area contributed by atoms with Gasteiger partial charge < -0.3 is 23.7 Å². The summed E-state index contributed by atoms with van der Waals surface area (Å²) in [4.78, 5) is 25.8. The molecule has 0 heterocycles. The number of carbonyl (C=O) groups is 2. The molecule has 0 fully saturated rings. The third kappa shape index (κ3) is 5.71. The van der Waals surface area contributed by atoms with Gasteiger partial charge >= 0.3 is 5.97 Å². The van der Waals surface area contributed by atoms with Crippen LogP contribution in [0.2, 0.25) is 0 Å². The van der Waals surface area contributed by atoms with E-state index in [1.165, 1.54) is 33.5 Å². The maximum atomic E-state index is 13.1. The number of methoxy groups -OCH3 is 4. The lowest BCUT2D eigenvalue weighted by molar-refractivity contribution is 0.0732. The molecule has 0 aliphatic carbocycles. The molecular formula is C26H24O7. The zero-order valence-electron chi connectivity index (χ0n) is 18.8. The highest BCUT2D eigenvalue weighted by Crippen LogP contribution is 2.35. The third-order valence-electron chi connectivity index (χ3n) is 4.81. The van der Waals surface area contributed by atoms with Crippen molar-refractivity contribution in [2.45, 2.75) is 0 Å². The summed E-state index contributed by atoms with van der Waals surface area (Å²) < 4.78 is 26.5. The van der Waals surface area contributed by atoms with Crippen LogP contribution in [0.1, 0.15) is 26.3 Å². The van der Waals surface area contributed by atoms with Crippen molar-refractivity contribution in [2.75, 3.05) is 28.4 Å². The van der Waals surface area contributed by atoms with Gasteiger partial charge in [-0.1, -0.05) is 18.2 Å². The van der Waals surface area contributed by atoms with E-state index in [1.54, 1.807) is 55.7 Å². The van der Waals surface area contributed by atoms with Crippen molar-refractivity contribution in [1.29, 1.82) is 0 Å². The summed E-state index contributed by atoms with van der Waals surface area (Å²) in [5, 5.41) is 0. The first-order chi connectivity index (χ1) is 16.0. The highest BCUT2D eigenvalue weighted by atomic mass is 16.5. The minimum absolute atomic E-state index is 0.0244. The van der Waals surface area contributed by atoms with Gasteiger partial charge in [-0.2, -0.15) is 0 Å². The van der Waals surface area contributed by atoms with Gasteiger partial charge in [0.25, 0.3) is 0 Å². The topological polar surface area (TPSA) is 80.3 Å². The number of carbonyl (C=O) groups excluding carboxylic acids is 2. The van der Waals surface area contributed by atoms with E-state index in [0.717, 1.165) is 5.56 Å². The molecule has 0 aromatic heterocycles. The van der Waals surface area contributed by atoms with Gasteiger partial charge in [0.05, 0.1) is 34.0 Å². The Balaban J connectivity index is 1.93. The zero-order valence-corrected chi connectivity index (χ0v) is 18.8. The highest BCUT2D eigenvalue weighted by molar-refractivity contribution is 6.11. The van der Waals surface area contributed by atoms with Crippen molar-refractivity contribution >= 4 is 17.8 Å². The molecule has 3 aromatic rings. The Kier molecular flexibility index (Phi) is 7.70. The van der Waals surface area contributed by atoms with Crippen LogP contribution in [0, 0.1) is 0 Å². The number of esters is 1. The quantitative estimate of drug-likeness (QED) is 0.201. The van der Waals surface area contributed by atoms with Crippen LogP contribution in [0.5, 0.6) is 28.7 Å². The molecule has 7 nitrogen and oxygen atoms in total. The average molecular weight is 448 g/mol. The van der Waals surface area contributed by atoms with Gasteiger partial charge in [-0.25, -0.2) is 4.79 Å². The first-order valence-electron chi connectivity index (χ1n) is 9.97. The van der Waals surface area contributed by atoms with Crippen molar-refractivity contribution in [2.24, 2.45) is 0 Å². The van der Waals surface area contributed by atoms with Crippen molar-refractivity contribution in [3.05, 3.63) is 83.4 Å². The van der Waals surface area contributed by atoms with Crippen LogP contribution in [-0.4, -0.2) is 40.2 Å². The van der Waals surface area contributed by atoms with Crippen molar-refractivity contribution in [1.82, 2.24) is 0 Å². The maximum Gasteiger partial charge on any atom is 0.343 e. The highest BCUT2D eigenvalue weighted by Gasteiger charge is 2.22. The molecule has 0 aliphatic rings. The van der Waals surface area contributed by atoms with E-state index in [9.17, 15) is 9.59 Å². The van der Waals surface area contributed by atoms with Gasteiger partial charge in [0, 0.05) is 12.1 Å². The summed E-state index contributed by atoms with van der Waals surface area (Å²) in [6.07, 6.45) is 3.04. The molecule has 0 bridgehead atoms. The van der Waals surface area contributed by atoms with Crippen molar-refractivity contribution in [3.8, 4) is 28.7 Å². The van der Waals surface area contributed by atoms with Crippen molar-refractivity contribution in [3.63, 3.8) is 0 Å². The van der Waals surface area contributed by atoms with Crippen LogP contribution in [0.15, 0.2) is 66.7 Å². The molecule has 170 valence electrons. The second-order valence-corrected chi connectivity index (χ2v) is 6.79. The first-order valence-corrected chi connectivity index (χ1v) is 9.97. The summed E-state index contributed by atoms with van der Waals surface area (Å²) in [6, 6.07) is 16.7. The summed E-state index contributed by atoms with van der Waals surface area (Å²) >= 11 is 0. The van der Waals surface area contributed by atoms with Crippen molar-refractivity contribution < 1.29 is 33.3 Å². The van der Waals surface area contributed by atoms with Gasteiger partial charge in [-0.05, 0) is 48.0 Å². The van der Waals surface area contributed by atoms with E-state index >= 15 is 0 Å². The van der Waals surface area contributed by atoms with E-state index in [0.29, 0.717) is 22.8 Å². The largest absolute Gasteiger partial charge is 0.497 e. The SMILES string of the molecule is COc1ccc(C=CC(=O)c2c(OC)cc(OC)cc2OC(=O)c2ccc(OC)cc2)cc1. The number of rotatable bonds is 9. The lowest BCUT2D eigenvalue weighted by atomic mass is 10.1. The number of allylic oxidation sites excluding steroid dienone is 1. The van der Waals surface area contributed by atoms with Crippen LogP contribution in [0.25, 0.3) is 6.08 Å². The number of hydrogen-bond donors (Lipinski definition) is 0. The summed E-state index contributed by atoms with van der Waals surface area (Å²) in [5.74, 6) is 0.897. The van der Waals surface area contributed by atoms with E-state index in [1.807, 2.05) is 12.1 Å². The Morgan fingerprint density at radius 2 is 1.21 bits per heavy atom. The maximum absolute atomic E-state index is 13.1. The van der Waals surface area contributed by atoms with Crippen LogP contribution >= 0.6 is 0 Å². The first kappa shape index (κ1) is 23.4. The van der Waals surface area contributed by atoms with E-state index < -0.39 is 11.8 Å². The van der Waals surface area contributed by atoms with Crippen LogP contribution in [-0.2, 0) is 0 Å². The molecule has 0 aliphatic heterocycles. The van der Waals surface area contributed by atoms with Crippen LogP contribution < -0.4 is 23.7 Å². The van der Waals surface area contributed by atoms with Gasteiger partial charge in [0.2, 0.25) is 0 Å². The molecule has 0 saturated heterocycles. The molecule has 3 aromatic carbocycles. The molecule has 33 heavy (non-hydrogen) atoms. The number of benzene rings is 3. The number of ether oxygens (including phenoxy) is 5. The minimum Gasteiger partial charge on any atom is -0.497 e. The monoisotopic (exact) mass is 448 g/mol. The Bertz CT molecular complexity index is 1150.